The lowest BCUT2D eigenvalue weighted by atomic mass is 10.1. The summed E-state index contributed by atoms with van der Waals surface area (Å²) < 4.78 is 0. The highest BCUT2D eigenvalue weighted by molar-refractivity contribution is 5.93. The van der Waals surface area contributed by atoms with Gasteiger partial charge in [-0.3, -0.25) is 10.1 Å². The molecular formula is C13H10N2O5. The number of aromatic hydroxyl groups is 1. The summed E-state index contributed by atoms with van der Waals surface area (Å²) in [5, 5.41) is 32.3. The Morgan fingerprint density at radius 1 is 1.10 bits per heavy atom. The van der Waals surface area contributed by atoms with E-state index in [9.17, 15) is 20.0 Å². The minimum Gasteiger partial charge on any atom is -0.505 e. The Morgan fingerprint density at radius 3 is 2.40 bits per heavy atom. The van der Waals surface area contributed by atoms with E-state index in [1.54, 1.807) is 6.07 Å². The smallest absolute Gasteiger partial charge is 0.339 e. The Labute approximate surface area is 113 Å². The average molecular weight is 274 g/mol. The number of benzene rings is 2. The minimum absolute atomic E-state index is 0.0826. The molecule has 0 aliphatic carbocycles. The number of nitrogens with one attached hydrogen (secondary N) is 1. The number of carboxylic acid groups (broad SMARTS) is 1. The summed E-state index contributed by atoms with van der Waals surface area (Å²) in [6, 6.07) is 9.97. The molecule has 0 aromatic heterocycles. The number of phenols is 1. The van der Waals surface area contributed by atoms with E-state index >= 15 is 0 Å². The van der Waals surface area contributed by atoms with Crippen molar-refractivity contribution >= 4 is 23.0 Å². The molecule has 102 valence electrons. The van der Waals surface area contributed by atoms with Gasteiger partial charge < -0.3 is 15.5 Å². The third-order valence-corrected chi connectivity index (χ3v) is 2.64. The predicted molar refractivity (Wildman–Crippen MR) is 71.4 cm³/mol. The highest BCUT2D eigenvalue weighted by atomic mass is 16.6. The Morgan fingerprint density at radius 2 is 1.75 bits per heavy atom. The fourth-order valence-corrected chi connectivity index (χ4v) is 1.70. The SMILES string of the molecule is O=C(O)c1cccc(Nc2ccccc2[N+](=O)[O-])c1O. The molecular weight excluding hydrogens is 264 g/mol. The number of hydrogen-bond donors (Lipinski definition) is 3. The topological polar surface area (TPSA) is 113 Å². The molecule has 7 nitrogen and oxygen atoms in total. The first-order valence-corrected chi connectivity index (χ1v) is 5.56. The molecule has 0 bridgehead atoms. The Kier molecular flexibility index (Phi) is 3.52. The summed E-state index contributed by atoms with van der Waals surface area (Å²) in [5.74, 6) is -1.76. The molecule has 3 N–H and O–H groups in total. The standard InChI is InChI=1S/C13H10N2O5/c16-12-8(13(17)18)4-3-6-10(12)14-9-5-1-2-7-11(9)15(19)20/h1-7,14,16H,(H,17,18). The summed E-state index contributed by atoms with van der Waals surface area (Å²) in [6.45, 7) is 0. The summed E-state index contributed by atoms with van der Waals surface area (Å²) in [4.78, 5) is 21.2. The number of carboxylic acids is 1. The zero-order valence-corrected chi connectivity index (χ0v) is 10.1. The molecule has 7 heteroatoms. The molecule has 0 aliphatic heterocycles. The van der Waals surface area contributed by atoms with Gasteiger partial charge in [-0.2, -0.15) is 0 Å². The molecule has 0 saturated carbocycles. The van der Waals surface area contributed by atoms with E-state index in [1.807, 2.05) is 0 Å². The van der Waals surface area contributed by atoms with Crippen LogP contribution in [-0.2, 0) is 0 Å². The zero-order valence-electron chi connectivity index (χ0n) is 10.1. The fraction of sp³-hybridized carbons (Fsp3) is 0. The lowest BCUT2D eigenvalue weighted by molar-refractivity contribution is -0.383. The van der Waals surface area contributed by atoms with E-state index in [2.05, 4.69) is 5.32 Å². The first kappa shape index (κ1) is 13.3. The van der Waals surface area contributed by atoms with Gasteiger partial charge in [0, 0.05) is 6.07 Å². The van der Waals surface area contributed by atoms with Gasteiger partial charge in [-0.05, 0) is 18.2 Å². The molecule has 2 rings (SSSR count). The molecule has 0 radical (unpaired) electrons. The van der Waals surface area contributed by atoms with Gasteiger partial charge in [-0.15, -0.1) is 0 Å². The third-order valence-electron chi connectivity index (χ3n) is 2.64. The van der Waals surface area contributed by atoms with Crippen molar-refractivity contribution in [1.29, 1.82) is 0 Å². The number of anilines is 2. The van der Waals surface area contributed by atoms with E-state index in [-0.39, 0.29) is 22.6 Å². The van der Waals surface area contributed by atoms with Crippen LogP contribution >= 0.6 is 0 Å². The largest absolute Gasteiger partial charge is 0.505 e. The predicted octanol–water partition coefficient (Wildman–Crippen LogP) is 2.74. The van der Waals surface area contributed by atoms with Crippen LogP contribution in [0.5, 0.6) is 5.75 Å². The number of hydrogen-bond acceptors (Lipinski definition) is 5. The van der Waals surface area contributed by atoms with E-state index in [1.165, 1.54) is 36.4 Å². The van der Waals surface area contributed by atoms with Crippen molar-refractivity contribution in [2.75, 3.05) is 5.32 Å². The van der Waals surface area contributed by atoms with Crippen LogP contribution < -0.4 is 5.32 Å². The quantitative estimate of drug-likeness (QED) is 0.449. The summed E-state index contributed by atoms with van der Waals surface area (Å²) >= 11 is 0. The minimum atomic E-state index is -1.28. The Balaban J connectivity index is 2.43. The summed E-state index contributed by atoms with van der Waals surface area (Å²) in [6.07, 6.45) is 0. The lowest BCUT2D eigenvalue weighted by Crippen LogP contribution is -2.01. The number of carbonyl (C=O) groups is 1. The average Bonchev–Trinajstić information content (AvgIpc) is 2.41. The van der Waals surface area contributed by atoms with Gasteiger partial charge in [0.1, 0.15) is 11.3 Å². The highest BCUT2D eigenvalue weighted by Gasteiger charge is 2.16. The van der Waals surface area contributed by atoms with E-state index in [0.29, 0.717) is 0 Å². The van der Waals surface area contributed by atoms with Crippen molar-refractivity contribution in [2.45, 2.75) is 0 Å². The maximum atomic E-state index is 10.9. The van der Waals surface area contributed by atoms with Crippen LogP contribution in [0.25, 0.3) is 0 Å². The van der Waals surface area contributed by atoms with Crippen LogP contribution in [0.4, 0.5) is 17.1 Å². The second-order valence-corrected chi connectivity index (χ2v) is 3.91. The van der Waals surface area contributed by atoms with Gasteiger partial charge in [0.05, 0.1) is 10.6 Å². The van der Waals surface area contributed by atoms with Crippen LogP contribution in [-0.4, -0.2) is 21.1 Å². The molecule has 0 aliphatic rings. The molecule has 2 aromatic rings. The Bertz CT molecular complexity index is 684. The van der Waals surface area contributed by atoms with Crippen LogP contribution in [0.15, 0.2) is 42.5 Å². The van der Waals surface area contributed by atoms with Crippen molar-refractivity contribution < 1.29 is 19.9 Å². The molecule has 0 atom stereocenters. The molecule has 20 heavy (non-hydrogen) atoms. The van der Waals surface area contributed by atoms with Crippen molar-refractivity contribution in [1.82, 2.24) is 0 Å². The molecule has 0 saturated heterocycles. The molecule has 0 spiro atoms. The van der Waals surface area contributed by atoms with Crippen LogP contribution in [0.3, 0.4) is 0 Å². The maximum Gasteiger partial charge on any atom is 0.339 e. The highest BCUT2D eigenvalue weighted by Crippen LogP contribution is 2.33. The van der Waals surface area contributed by atoms with Gasteiger partial charge in [-0.1, -0.05) is 18.2 Å². The van der Waals surface area contributed by atoms with Crippen molar-refractivity contribution in [3.05, 3.63) is 58.1 Å². The van der Waals surface area contributed by atoms with Gasteiger partial charge >= 0.3 is 5.97 Å². The summed E-state index contributed by atoms with van der Waals surface area (Å²) in [5.41, 5.74) is -0.212. The second kappa shape index (κ2) is 5.27. The molecule has 2 aromatic carbocycles. The fourth-order valence-electron chi connectivity index (χ4n) is 1.70. The normalized spacial score (nSPS) is 10.0. The van der Waals surface area contributed by atoms with E-state index in [0.717, 1.165) is 0 Å². The van der Waals surface area contributed by atoms with Crippen molar-refractivity contribution in [2.24, 2.45) is 0 Å². The number of nitro benzene ring substituents is 1. The van der Waals surface area contributed by atoms with Crippen molar-refractivity contribution in [3.63, 3.8) is 0 Å². The van der Waals surface area contributed by atoms with Crippen LogP contribution in [0.2, 0.25) is 0 Å². The third kappa shape index (κ3) is 2.51. The number of nitro groups is 1. The number of para-hydroxylation sites is 3. The van der Waals surface area contributed by atoms with E-state index < -0.39 is 16.6 Å². The number of nitrogens with zero attached hydrogens (tertiary/aromatic N) is 1. The van der Waals surface area contributed by atoms with Gasteiger partial charge in [-0.25, -0.2) is 4.79 Å². The lowest BCUT2D eigenvalue weighted by Gasteiger charge is -2.10. The molecule has 0 heterocycles. The Hall–Kier alpha value is -3.09. The molecule has 0 amide bonds. The van der Waals surface area contributed by atoms with Crippen LogP contribution in [0.1, 0.15) is 10.4 Å². The second-order valence-electron chi connectivity index (χ2n) is 3.91. The number of aromatic carboxylic acids is 1. The zero-order chi connectivity index (χ0) is 14.7. The first-order chi connectivity index (χ1) is 9.50. The molecule has 0 unspecified atom stereocenters. The monoisotopic (exact) mass is 274 g/mol. The van der Waals surface area contributed by atoms with Gasteiger partial charge in [0.15, 0.2) is 5.75 Å². The molecule has 0 fully saturated rings. The van der Waals surface area contributed by atoms with Gasteiger partial charge in [0.2, 0.25) is 0 Å². The van der Waals surface area contributed by atoms with Crippen LogP contribution in [0, 0.1) is 10.1 Å². The first-order valence-electron chi connectivity index (χ1n) is 5.56. The van der Waals surface area contributed by atoms with Gasteiger partial charge in [0.25, 0.3) is 5.69 Å². The number of rotatable bonds is 4. The maximum absolute atomic E-state index is 10.9. The van der Waals surface area contributed by atoms with E-state index in [4.69, 9.17) is 5.11 Å². The van der Waals surface area contributed by atoms with Crippen molar-refractivity contribution in [3.8, 4) is 5.75 Å². The summed E-state index contributed by atoms with van der Waals surface area (Å²) in [7, 11) is 0.